The molecular weight excluding hydrogens is 332 g/mol. The van der Waals surface area contributed by atoms with Crippen LogP contribution in [0.4, 0.5) is 0 Å². The van der Waals surface area contributed by atoms with E-state index in [4.69, 9.17) is 14.2 Å². The largest absolute Gasteiger partial charge is 0.454 e. The van der Waals surface area contributed by atoms with Crippen molar-refractivity contribution in [2.24, 2.45) is 0 Å². The Labute approximate surface area is 152 Å². The van der Waals surface area contributed by atoms with Crippen LogP contribution < -0.4 is 9.47 Å². The van der Waals surface area contributed by atoms with Crippen LogP contribution in [0.2, 0.25) is 0 Å². The number of pyridine rings is 1. The van der Waals surface area contributed by atoms with Crippen LogP contribution >= 0.6 is 0 Å². The molecule has 0 unspecified atom stereocenters. The lowest BCUT2D eigenvalue weighted by molar-refractivity contribution is -0.132. The number of carbonyl (C=O) groups is 1. The van der Waals surface area contributed by atoms with E-state index >= 15 is 0 Å². The number of fused-ring (bicyclic) bond motifs is 1. The number of nitrogens with zero attached hydrogens (tertiary/aromatic N) is 2. The van der Waals surface area contributed by atoms with E-state index in [2.05, 4.69) is 4.98 Å². The predicted octanol–water partition coefficient (Wildman–Crippen LogP) is 2.56. The van der Waals surface area contributed by atoms with Gasteiger partial charge in [0, 0.05) is 19.3 Å². The van der Waals surface area contributed by atoms with Gasteiger partial charge in [0.2, 0.25) is 12.7 Å². The summed E-state index contributed by atoms with van der Waals surface area (Å²) in [6, 6.07) is 11.4. The van der Waals surface area contributed by atoms with Crippen LogP contribution in [0, 0.1) is 0 Å². The molecule has 0 radical (unpaired) electrons. The first-order chi connectivity index (χ1) is 12.8. The number of rotatable bonds is 6. The summed E-state index contributed by atoms with van der Waals surface area (Å²) in [7, 11) is 0. The summed E-state index contributed by atoms with van der Waals surface area (Å²) in [5.41, 5.74) is 1.79. The van der Waals surface area contributed by atoms with Crippen LogP contribution in [-0.2, 0) is 22.5 Å². The molecule has 6 nitrogen and oxygen atoms in total. The van der Waals surface area contributed by atoms with Crippen molar-refractivity contribution in [1.29, 1.82) is 0 Å². The van der Waals surface area contributed by atoms with Crippen molar-refractivity contribution in [3.63, 3.8) is 0 Å². The first kappa shape index (κ1) is 16.8. The molecule has 1 amide bonds. The molecule has 6 heteroatoms. The van der Waals surface area contributed by atoms with Gasteiger partial charge >= 0.3 is 0 Å². The lowest BCUT2D eigenvalue weighted by atomic mass is 10.1. The second kappa shape index (κ2) is 7.74. The fourth-order valence-corrected chi connectivity index (χ4v) is 3.31. The van der Waals surface area contributed by atoms with Crippen molar-refractivity contribution in [3.8, 4) is 11.5 Å². The van der Waals surface area contributed by atoms with Gasteiger partial charge in [0.25, 0.3) is 0 Å². The smallest absolute Gasteiger partial charge is 0.231 e. The average Bonchev–Trinajstić information content (AvgIpc) is 3.33. The summed E-state index contributed by atoms with van der Waals surface area (Å²) < 4.78 is 16.5. The Kier molecular flexibility index (Phi) is 5.02. The van der Waals surface area contributed by atoms with Crippen molar-refractivity contribution in [2.45, 2.75) is 31.9 Å². The molecule has 2 aromatic rings. The quantitative estimate of drug-likeness (QED) is 0.798. The van der Waals surface area contributed by atoms with Crippen molar-refractivity contribution in [1.82, 2.24) is 9.88 Å². The highest BCUT2D eigenvalue weighted by Gasteiger charge is 2.24. The molecule has 1 aromatic heterocycles. The van der Waals surface area contributed by atoms with Gasteiger partial charge in [-0.2, -0.15) is 0 Å². The van der Waals surface area contributed by atoms with E-state index in [1.54, 1.807) is 6.20 Å². The Balaban J connectivity index is 1.47. The van der Waals surface area contributed by atoms with Crippen LogP contribution in [-0.4, -0.2) is 41.8 Å². The molecule has 136 valence electrons. The number of ether oxygens (including phenoxy) is 3. The number of hydrogen-bond donors (Lipinski definition) is 0. The molecule has 1 aromatic carbocycles. The van der Waals surface area contributed by atoms with E-state index in [0.29, 0.717) is 25.3 Å². The van der Waals surface area contributed by atoms with Gasteiger partial charge in [0.05, 0.1) is 24.8 Å². The number of aromatic nitrogens is 1. The third-order valence-electron chi connectivity index (χ3n) is 4.67. The van der Waals surface area contributed by atoms with Crippen LogP contribution in [0.5, 0.6) is 11.5 Å². The Morgan fingerprint density at radius 2 is 2.12 bits per heavy atom. The number of benzene rings is 1. The van der Waals surface area contributed by atoms with Gasteiger partial charge in [0.1, 0.15) is 0 Å². The average molecular weight is 354 g/mol. The minimum absolute atomic E-state index is 0.0602. The SMILES string of the molecule is O=C(Cc1ccc2c(c1)OCO2)N(Cc1ccccn1)C[C@@H]1CCCO1. The predicted molar refractivity (Wildman–Crippen MR) is 94.9 cm³/mol. The number of carbonyl (C=O) groups excluding carboxylic acids is 1. The second-order valence-electron chi connectivity index (χ2n) is 6.59. The minimum Gasteiger partial charge on any atom is -0.454 e. The molecule has 0 N–H and O–H groups in total. The zero-order chi connectivity index (χ0) is 17.8. The van der Waals surface area contributed by atoms with Gasteiger partial charge in [-0.1, -0.05) is 12.1 Å². The van der Waals surface area contributed by atoms with E-state index in [0.717, 1.165) is 36.5 Å². The highest BCUT2D eigenvalue weighted by molar-refractivity contribution is 5.79. The molecule has 1 saturated heterocycles. The molecule has 0 saturated carbocycles. The van der Waals surface area contributed by atoms with E-state index in [1.165, 1.54) is 0 Å². The van der Waals surface area contributed by atoms with Crippen LogP contribution in [0.15, 0.2) is 42.6 Å². The fraction of sp³-hybridized carbons (Fsp3) is 0.400. The van der Waals surface area contributed by atoms with E-state index in [9.17, 15) is 4.79 Å². The van der Waals surface area contributed by atoms with Gasteiger partial charge in [-0.05, 0) is 42.7 Å². The summed E-state index contributed by atoms with van der Waals surface area (Å²) in [4.78, 5) is 19.2. The summed E-state index contributed by atoms with van der Waals surface area (Å²) in [5, 5.41) is 0. The maximum Gasteiger partial charge on any atom is 0.231 e. The van der Waals surface area contributed by atoms with Crippen molar-refractivity contribution in [2.75, 3.05) is 19.9 Å². The first-order valence-corrected chi connectivity index (χ1v) is 8.96. The highest BCUT2D eigenvalue weighted by atomic mass is 16.7. The number of amides is 1. The third-order valence-corrected chi connectivity index (χ3v) is 4.67. The van der Waals surface area contributed by atoms with Crippen LogP contribution in [0.25, 0.3) is 0 Å². The minimum atomic E-state index is 0.0602. The van der Waals surface area contributed by atoms with Crippen molar-refractivity contribution < 1.29 is 19.0 Å². The standard InChI is InChI=1S/C20H22N2O4/c23-20(11-15-6-7-18-19(10-15)26-14-25-18)22(13-17-5-3-9-24-17)12-16-4-1-2-8-21-16/h1-2,4,6-8,10,17H,3,5,9,11-14H2/t17-/m0/s1. The fourth-order valence-electron chi connectivity index (χ4n) is 3.31. The highest BCUT2D eigenvalue weighted by Crippen LogP contribution is 2.32. The molecule has 3 heterocycles. The van der Waals surface area contributed by atoms with Crippen molar-refractivity contribution in [3.05, 3.63) is 53.9 Å². The third kappa shape index (κ3) is 3.96. The first-order valence-electron chi connectivity index (χ1n) is 8.96. The molecule has 0 bridgehead atoms. The molecular formula is C20H22N2O4. The van der Waals surface area contributed by atoms with Crippen molar-refractivity contribution >= 4 is 5.91 Å². The monoisotopic (exact) mass is 354 g/mol. The van der Waals surface area contributed by atoms with Crippen LogP contribution in [0.3, 0.4) is 0 Å². The lowest BCUT2D eigenvalue weighted by Crippen LogP contribution is -2.38. The second-order valence-corrected chi connectivity index (χ2v) is 6.59. The molecule has 2 aliphatic heterocycles. The number of hydrogen-bond acceptors (Lipinski definition) is 5. The van der Waals surface area contributed by atoms with Gasteiger partial charge in [-0.25, -0.2) is 0 Å². The summed E-state index contributed by atoms with van der Waals surface area (Å²) in [5.74, 6) is 1.49. The topological polar surface area (TPSA) is 60.9 Å². The van der Waals surface area contributed by atoms with E-state index in [1.807, 2.05) is 41.3 Å². The normalized spacial score (nSPS) is 18.1. The zero-order valence-electron chi connectivity index (χ0n) is 14.6. The molecule has 0 aliphatic carbocycles. The van der Waals surface area contributed by atoms with Gasteiger partial charge < -0.3 is 19.1 Å². The zero-order valence-corrected chi connectivity index (χ0v) is 14.6. The van der Waals surface area contributed by atoms with Gasteiger partial charge in [-0.15, -0.1) is 0 Å². The van der Waals surface area contributed by atoms with E-state index in [-0.39, 0.29) is 18.8 Å². The Morgan fingerprint density at radius 3 is 2.92 bits per heavy atom. The molecule has 1 atom stereocenters. The maximum atomic E-state index is 13.0. The molecule has 0 spiro atoms. The summed E-state index contributed by atoms with van der Waals surface area (Å²) >= 11 is 0. The Bertz CT molecular complexity index is 760. The molecule has 26 heavy (non-hydrogen) atoms. The van der Waals surface area contributed by atoms with E-state index < -0.39 is 0 Å². The summed E-state index contributed by atoms with van der Waals surface area (Å²) in [6.07, 6.45) is 4.23. The van der Waals surface area contributed by atoms with Gasteiger partial charge in [0.15, 0.2) is 11.5 Å². The van der Waals surface area contributed by atoms with Crippen LogP contribution in [0.1, 0.15) is 24.1 Å². The maximum absolute atomic E-state index is 13.0. The van der Waals surface area contributed by atoms with Gasteiger partial charge in [-0.3, -0.25) is 9.78 Å². The molecule has 2 aliphatic rings. The molecule has 1 fully saturated rings. The molecule has 4 rings (SSSR count). The Morgan fingerprint density at radius 1 is 1.19 bits per heavy atom. The lowest BCUT2D eigenvalue weighted by Gasteiger charge is -2.25. The summed E-state index contributed by atoms with van der Waals surface area (Å²) in [6.45, 7) is 2.10. The Hall–Kier alpha value is -2.60.